The second-order valence-electron chi connectivity index (χ2n) is 18.8. The lowest BCUT2D eigenvalue weighted by Gasteiger charge is -2.45. The molecule has 0 amide bonds. The van der Waals surface area contributed by atoms with Crippen molar-refractivity contribution < 1.29 is 9.47 Å². The summed E-state index contributed by atoms with van der Waals surface area (Å²) < 4.78 is 12.8. The first-order valence-electron chi connectivity index (χ1n) is 19.6. The van der Waals surface area contributed by atoms with Crippen molar-refractivity contribution in [3.8, 4) is 11.5 Å². The summed E-state index contributed by atoms with van der Waals surface area (Å²) in [7, 11) is 0. The van der Waals surface area contributed by atoms with E-state index in [1.54, 1.807) is 0 Å². The number of benzene rings is 5. The van der Waals surface area contributed by atoms with Crippen LogP contribution in [-0.4, -0.2) is 19.9 Å². The lowest BCUT2D eigenvalue weighted by atomic mass is 9.33. The number of hydrogen-bond acceptors (Lipinski definition) is 4. The van der Waals surface area contributed by atoms with Crippen LogP contribution in [0.5, 0.6) is 11.5 Å². The summed E-state index contributed by atoms with van der Waals surface area (Å²) in [6.07, 6.45) is 0.865. The Morgan fingerprint density at radius 2 is 0.962 bits per heavy atom. The normalized spacial score (nSPS) is 15.2. The van der Waals surface area contributed by atoms with E-state index >= 15 is 0 Å². The van der Waals surface area contributed by atoms with Gasteiger partial charge < -0.3 is 19.3 Å². The molecule has 0 radical (unpaired) electrons. The molecule has 0 N–H and O–H groups in total. The monoisotopic (exact) mass is 702 g/mol. The summed E-state index contributed by atoms with van der Waals surface area (Å²) in [5.41, 5.74) is 16.5. The SMILES string of the molecule is CC(C)c1cc2c3c(c1)N(c1ccc(C(C)(C)C)cc1)c1cc4c(cc1B3c1cc(C(C)(C)C)ccc1N2c1ccc(C(C)(C)C)cc1)OCCCO4. The molecule has 3 heterocycles. The van der Waals surface area contributed by atoms with Crippen molar-refractivity contribution in [2.45, 2.75) is 105 Å². The van der Waals surface area contributed by atoms with Crippen molar-refractivity contribution in [3.63, 3.8) is 0 Å². The van der Waals surface area contributed by atoms with Crippen LogP contribution in [-0.2, 0) is 16.2 Å². The van der Waals surface area contributed by atoms with E-state index in [0.717, 1.165) is 29.3 Å². The Morgan fingerprint density at radius 3 is 1.45 bits per heavy atom. The van der Waals surface area contributed by atoms with Gasteiger partial charge in [-0.15, -0.1) is 0 Å². The highest BCUT2D eigenvalue weighted by Gasteiger charge is 2.45. The quantitative estimate of drug-likeness (QED) is 0.171. The van der Waals surface area contributed by atoms with Gasteiger partial charge in [-0.2, -0.15) is 0 Å². The molecule has 0 fully saturated rings. The Hall–Kier alpha value is -4.64. The van der Waals surface area contributed by atoms with Crippen LogP contribution in [0.2, 0.25) is 0 Å². The molecule has 0 aliphatic carbocycles. The van der Waals surface area contributed by atoms with E-state index in [1.165, 1.54) is 61.4 Å². The number of fused-ring (bicyclic) bond motifs is 5. The maximum absolute atomic E-state index is 6.43. The minimum Gasteiger partial charge on any atom is -0.490 e. The first kappa shape index (κ1) is 35.4. The molecule has 0 aromatic heterocycles. The molecule has 272 valence electrons. The molecule has 0 atom stereocenters. The van der Waals surface area contributed by atoms with E-state index in [2.05, 4.69) is 177 Å². The molecule has 0 saturated heterocycles. The fourth-order valence-electron chi connectivity index (χ4n) is 8.25. The average Bonchev–Trinajstić information content (AvgIpc) is 3.34. The molecule has 4 nitrogen and oxygen atoms in total. The molecule has 0 unspecified atom stereocenters. The largest absolute Gasteiger partial charge is 0.490 e. The zero-order chi connectivity index (χ0) is 37.6. The van der Waals surface area contributed by atoms with Crippen molar-refractivity contribution in [2.75, 3.05) is 23.0 Å². The van der Waals surface area contributed by atoms with E-state index in [0.29, 0.717) is 19.1 Å². The van der Waals surface area contributed by atoms with Gasteiger partial charge in [0, 0.05) is 46.6 Å². The Morgan fingerprint density at radius 1 is 0.509 bits per heavy atom. The maximum Gasteiger partial charge on any atom is 0.252 e. The van der Waals surface area contributed by atoms with Crippen molar-refractivity contribution >= 4 is 57.2 Å². The topological polar surface area (TPSA) is 24.9 Å². The number of rotatable bonds is 3. The van der Waals surface area contributed by atoms with Crippen LogP contribution in [0, 0.1) is 0 Å². The molecule has 0 bridgehead atoms. The fraction of sp³-hybridized carbons (Fsp3) is 0.375. The van der Waals surface area contributed by atoms with Gasteiger partial charge in [0.05, 0.1) is 13.2 Å². The minimum atomic E-state index is -0.0120. The highest BCUT2D eigenvalue weighted by atomic mass is 16.5. The predicted molar refractivity (Wildman–Crippen MR) is 226 cm³/mol. The van der Waals surface area contributed by atoms with Crippen LogP contribution in [0.25, 0.3) is 0 Å². The predicted octanol–water partition coefficient (Wildman–Crippen LogP) is 10.9. The zero-order valence-corrected chi connectivity index (χ0v) is 33.6. The molecule has 5 aromatic carbocycles. The highest BCUT2D eigenvalue weighted by molar-refractivity contribution is 7.00. The molecule has 5 heteroatoms. The number of anilines is 6. The first-order chi connectivity index (χ1) is 25.0. The first-order valence-corrected chi connectivity index (χ1v) is 19.6. The molecule has 53 heavy (non-hydrogen) atoms. The van der Waals surface area contributed by atoms with Gasteiger partial charge in [0.1, 0.15) is 0 Å². The Kier molecular flexibility index (Phi) is 8.33. The Labute approximate surface area is 318 Å². The smallest absolute Gasteiger partial charge is 0.252 e. The van der Waals surface area contributed by atoms with E-state index in [1.807, 2.05) is 0 Å². The average molecular weight is 703 g/mol. The van der Waals surface area contributed by atoms with Crippen molar-refractivity contribution in [1.82, 2.24) is 0 Å². The third-order valence-corrected chi connectivity index (χ3v) is 11.5. The molecular formula is C48H55BN2O2. The van der Waals surface area contributed by atoms with Crippen molar-refractivity contribution in [1.29, 1.82) is 0 Å². The fourth-order valence-corrected chi connectivity index (χ4v) is 8.25. The molecule has 8 rings (SSSR count). The highest BCUT2D eigenvalue weighted by Crippen LogP contribution is 2.48. The lowest BCUT2D eigenvalue weighted by Crippen LogP contribution is -2.61. The molecule has 0 saturated carbocycles. The third kappa shape index (κ3) is 6.10. The van der Waals surface area contributed by atoms with Crippen LogP contribution in [0.4, 0.5) is 34.1 Å². The van der Waals surface area contributed by atoms with Crippen LogP contribution < -0.4 is 35.7 Å². The van der Waals surface area contributed by atoms with E-state index in [-0.39, 0.29) is 23.0 Å². The van der Waals surface area contributed by atoms with Gasteiger partial charge in [0.25, 0.3) is 6.71 Å². The van der Waals surface area contributed by atoms with E-state index in [9.17, 15) is 0 Å². The van der Waals surface area contributed by atoms with E-state index < -0.39 is 0 Å². The molecule has 0 spiro atoms. The molecule has 5 aromatic rings. The van der Waals surface area contributed by atoms with Crippen molar-refractivity contribution in [3.05, 3.63) is 113 Å². The lowest BCUT2D eigenvalue weighted by molar-refractivity contribution is 0.297. The second-order valence-corrected chi connectivity index (χ2v) is 18.8. The van der Waals surface area contributed by atoms with Gasteiger partial charge in [0.15, 0.2) is 11.5 Å². The van der Waals surface area contributed by atoms with Gasteiger partial charge in [-0.25, -0.2) is 0 Å². The van der Waals surface area contributed by atoms with Gasteiger partial charge in [-0.05, 0) is 109 Å². The maximum atomic E-state index is 6.43. The standard InChI is InChI=1S/C48H55BN2O2/c1-30(2)31-25-41-45-42(26-31)51(36-20-15-33(16-21-36)47(6,7)8)40-29-44-43(52-23-12-24-53-44)28-38(40)49(45)37-27-34(48(9,10)11)17-22-39(37)50(41)35-18-13-32(14-19-35)46(3,4)5/h13-22,25-30H,12,23-24H2,1-11H3. The zero-order valence-electron chi connectivity index (χ0n) is 33.6. The molecular weight excluding hydrogens is 647 g/mol. The molecule has 3 aliphatic heterocycles. The van der Waals surface area contributed by atoms with Gasteiger partial charge in [-0.1, -0.05) is 113 Å². The summed E-state index contributed by atoms with van der Waals surface area (Å²) in [5, 5.41) is 0. The summed E-state index contributed by atoms with van der Waals surface area (Å²) >= 11 is 0. The Balaban J connectivity index is 1.47. The summed E-state index contributed by atoms with van der Waals surface area (Å²) in [4.78, 5) is 5.03. The van der Waals surface area contributed by atoms with Gasteiger partial charge in [0.2, 0.25) is 0 Å². The number of hydrogen-bond donors (Lipinski definition) is 0. The summed E-state index contributed by atoms with van der Waals surface area (Å²) in [5.74, 6) is 1.99. The van der Waals surface area contributed by atoms with Crippen LogP contribution in [0.1, 0.15) is 111 Å². The number of ether oxygens (including phenoxy) is 2. The summed E-state index contributed by atoms with van der Waals surface area (Å²) in [6, 6.07) is 35.2. The van der Waals surface area contributed by atoms with Crippen molar-refractivity contribution in [2.24, 2.45) is 0 Å². The summed E-state index contributed by atoms with van der Waals surface area (Å²) in [6.45, 7) is 26.6. The van der Waals surface area contributed by atoms with Gasteiger partial charge >= 0.3 is 0 Å². The van der Waals surface area contributed by atoms with Gasteiger partial charge in [-0.3, -0.25) is 0 Å². The Bertz CT molecular complexity index is 2200. The van der Waals surface area contributed by atoms with E-state index in [4.69, 9.17) is 9.47 Å². The second kappa shape index (κ2) is 12.5. The molecule has 3 aliphatic rings. The minimum absolute atomic E-state index is 0.000798. The number of nitrogens with zero attached hydrogens (tertiary/aromatic N) is 2. The third-order valence-electron chi connectivity index (χ3n) is 11.5. The van der Waals surface area contributed by atoms with Crippen LogP contribution in [0.15, 0.2) is 91.0 Å². The van der Waals surface area contributed by atoms with Crippen LogP contribution >= 0.6 is 0 Å². The van der Waals surface area contributed by atoms with Crippen LogP contribution in [0.3, 0.4) is 0 Å².